The van der Waals surface area contributed by atoms with Crippen LogP contribution in [0.5, 0.6) is 5.75 Å². The summed E-state index contributed by atoms with van der Waals surface area (Å²) in [6.07, 6.45) is 1.54. The summed E-state index contributed by atoms with van der Waals surface area (Å²) in [6, 6.07) is 11.6. The number of benzene rings is 1. The number of amides is 1. The lowest BCUT2D eigenvalue weighted by molar-refractivity contribution is 0.0950. The average Bonchev–Trinajstić information content (AvgIpc) is 3.23. The molecule has 3 rings (SSSR count). The summed E-state index contributed by atoms with van der Waals surface area (Å²) in [4.78, 5) is 12.0. The lowest BCUT2D eigenvalue weighted by Gasteiger charge is -2.01. The minimum absolute atomic E-state index is 0.174. The molecule has 0 radical (unpaired) electrons. The molecule has 0 fully saturated rings. The number of phenols is 1. The van der Waals surface area contributed by atoms with Gasteiger partial charge in [0.25, 0.3) is 5.91 Å². The van der Waals surface area contributed by atoms with E-state index in [4.69, 9.17) is 4.42 Å². The van der Waals surface area contributed by atoms with Gasteiger partial charge in [0.05, 0.1) is 12.0 Å². The van der Waals surface area contributed by atoms with E-state index in [0.717, 1.165) is 5.56 Å². The standard InChI is InChI=1S/C16H14N4O3/c1-10(11-4-6-12(21)7-5-11)17-20-16(22)14-9-13(18-19-14)15-3-2-8-23-15/h2-9,21H,1H3,(H,18,19)(H,20,22)/b17-10-. The zero-order valence-electron chi connectivity index (χ0n) is 12.3. The van der Waals surface area contributed by atoms with E-state index in [-0.39, 0.29) is 11.4 Å². The Morgan fingerprint density at radius 1 is 1.30 bits per heavy atom. The molecular formula is C16H14N4O3. The van der Waals surface area contributed by atoms with Crippen molar-refractivity contribution in [2.24, 2.45) is 5.10 Å². The van der Waals surface area contributed by atoms with E-state index < -0.39 is 5.91 Å². The predicted octanol–water partition coefficient (Wildman–Crippen LogP) is 2.53. The predicted molar refractivity (Wildman–Crippen MR) is 84.1 cm³/mol. The van der Waals surface area contributed by atoms with Gasteiger partial charge in [-0.1, -0.05) is 0 Å². The number of phenolic OH excluding ortho intramolecular Hbond substituents is 1. The third-order valence-corrected chi connectivity index (χ3v) is 3.21. The summed E-state index contributed by atoms with van der Waals surface area (Å²) in [5, 5.41) is 20.0. The molecule has 0 saturated carbocycles. The summed E-state index contributed by atoms with van der Waals surface area (Å²) in [5.41, 5.74) is 4.67. The fourth-order valence-electron chi connectivity index (χ4n) is 1.96. The molecule has 3 N–H and O–H groups in total. The van der Waals surface area contributed by atoms with Crippen LogP contribution in [0.3, 0.4) is 0 Å². The number of nitrogens with one attached hydrogen (secondary N) is 2. The molecule has 7 nitrogen and oxygen atoms in total. The van der Waals surface area contributed by atoms with Crippen molar-refractivity contribution in [3.63, 3.8) is 0 Å². The van der Waals surface area contributed by atoms with Crippen molar-refractivity contribution in [3.8, 4) is 17.2 Å². The number of hydrazone groups is 1. The zero-order valence-corrected chi connectivity index (χ0v) is 12.3. The van der Waals surface area contributed by atoms with Gasteiger partial charge in [-0.3, -0.25) is 9.89 Å². The highest BCUT2D eigenvalue weighted by molar-refractivity contribution is 6.00. The maximum atomic E-state index is 12.0. The van der Waals surface area contributed by atoms with Gasteiger partial charge in [-0.2, -0.15) is 10.2 Å². The number of rotatable bonds is 4. The second-order valence-corrected chi connectivity index (χ2v) is 4.83. The Balaban J connectivity index is 1.69. The molecular weight excluding hydrogens is 296 g/mol. The van der Waals surface area contributed by atoms with Crippen molar-refractivity contribution < 1.29 is 14.3 Å². The minimum atomic E-state index is -0.433. The number of aromatic amines is 1. The van der Waals surface area contributed by atoms with Crippen molar-refractivity contribution in [1.29, 1.82) is 0 Å². The highest BCUT2D eigenvalue weighted by Crippen LogP contribution is 2.17. The quantitative estimate of drug-likeness (QED) is 0.509. The summed E-state index contributed by atoms with van der Waals surface area (Å²) in [6.45, 7) is 1.76. The summed E-state index contributed by atoms with van der Waals surface area (Å²) < 4.78 is 5.23. The van der Waals surface area contributed by atoms with Crippen LogP contribution in [-0.2, 0) is 0 Å². The number of furan rings is 1. The number of aromatic hydroxyl groups is 1. The lowest BCUT2D eigenvalue weighted by atomic mass is 10.1. The van der Waals surface area contributed by atoms with Crippen molar-refractivity contribution in [2.75, 3.05) is 0 Å². The van der Waals surface area contributed by atoms with E-state index in [1.807, 2.05) is 0 Å². The van der Waals surface area contributed by atoms with E-state index >= 15 is 0 Å². The van der Waals surface area contributed by atoms with Crippen molar-refractivity contribution in [3.05, 3.63) is 60.0 Å². The molecule has 0 spiro atoms. The molecule has 0 saturated heterocycles. The first-order chi connectivity index (χ1) is 11.1. The highest BCUT2D eigenvalue weighted by atomic mass is 16.3. The van der Waals surface area contributed by atoms with Crippen molar-refractivity contribution in [1.82, 2.24) is 15.6 Å². The van der Waals surface area contributed by atoms with Crippen LogP contribution in [0.4, 0.5) is 0 Å². The molecule has 2 aromatic heterocycles. The van der Waals surface area contributed by atoms with Crippen molar-refractivity contribution in [2.45, 2.75) is 6.92 Å². The molecule has 2 heterocycles. The zero-order chi connectivity index (χ0) is 16.2. The van der Waals surface area contributed by atoms with Gasteiger partial charge in [-0.15, -0.1) is 0 Å². The number of aromatic nitrogens is 2. The van der Waals surface area contributed by atoms with Gasteiger partial charge in [0, 0.05) is 6.07 Å². The van der Waals surface area contributed by atoms with Gasteiger partial charge >= 0.3 is 0 Å². The molecule has 0 aliphatic heterocycles. The first-order valence-corrected chi connectivity index (χ1v) is 6.87. The second-order valence-electron chi connectivity index (χ2n) is 4.83. The first-order valence-electron chi connectivity index (χ1n) is 6.87. The second kappa shape index (κ2) is 6.18. The Labute approximate surface area is 131 Å². The maximum absolute atomic E-state index is 12.0. The first kappa shape index (κ1) is 14.6. The molecule has 23 heavy (non-hydrogen) atoms. The number of hydrogen-bond donors (Lipinski definition) is 3. The molecule has 3 aromatic rings. The van der Waals surface area contributed by atoms with Crippen LogP contribution in [0.15, 0.2) is 58.2 Å². The van der Waals surface area contributed by atoms with Gasteiger partial charge in [0.2, 0.25) is 0 Å². The van der Waals surface area contributed by atoms with Crippen LogP contribution in [-0.4, -0.2) is 26.9 Å². The average molecular weight is 310 g/mol. The van der Waals surface area contributed by atoms with Gasteiger partial charge in [-0.25, -0.2) is 5.43 Å². The van der Waals surface area contributed by atoms with E-state index in [9.17, 15) is 9.90 Å². The van der Waals surface area contributed by atoms with E-state index in [0.29, 0.717) is 17.2 Å². The summed E-state index contributed by atoms with van der Waals surface area (Å²) in [7, 11) is 0. The topological polar surface area (TPSA) is 104 Å². The maximum Gasteiger partial charge on any atom is 0.291 e. The normalized spacial score (nSPS) is 11.4. The molecule has 7 heteroatoms. The monoisotopic (exact) mass is 310 g/mol. The van der Waals surface area contributed by atoms with E-state index in [1.54, 1.807) is 55.7 Å². The molecule has 116 valence electrons. The van der Waals surface area contributed by atoms with Crippen LogP contribution >= 0.6 is 0 Å². The third kappa shape index (κ3) is 3.29. The lowest BCUT2D eigenvalue weighted by Crippen LogP contribution is -2.19. The molecule has 0 atom stereocenters. The van der Waals surface area contributed by atoms with Crippen LogP contribution in [0.1, 0.15) is 23.0 Å². The van der Waals surface area contributed by atoms with Crippen LogP contribution < -0.4 is 5.43 Å². The summed E-state index contributed by atoms with van der Waals surface area (Å²) >= 11 is 0. The molecule has 0 unspecified atom stereocenters. The molecule has 0 bridgehead atoms. The fourth-order valence-corrected chi connectivity index (χ4v) is 1.96. The molecule has 0 aliphatic rings. The van der Waals surface area contributed by atoms with Crippen LogP contribution in [0.25, 0.3) is 11.5 Å². The number of carbonyl (C=O) groups is 1. The molecule has 1 amide bonds. The van der Waals surface area contributed by atoms with E-state index in [1.165, 1.54) is 0 Å². The summed E-state index contributed by atoms with van der Waals surface area (Å²) in [5.74, 6) is 0.338. The Morgan fingerprint density at radius 3 is 2.78 bits per heavy atom. The fraction of sp³-hybridized carbons (Fsp3) is 0.0625. The third-order valence-electron chi connectivity index (χ3n) is 3.21. The number of H-pyrrole nitrogens is 1. The Bertz CT molecular complexity index is 833. The minimum Gasteiger partial charge on any atom is -0.508 e. The highest BCUT2D eigenvalue weighted by Gasteiger charge is 2.12. The van der Waals surface area contributed by atoms with Gasteiger partial charge in [-0.05, 0) is 48.9 Å². The number of hydrogen-bond acceptors (Lipinski definition) is 5. The van der Waals surface area contributed by atoms with Crippen LogP contribution in [0.2, 0.25) is 0 Å². The van der Waals surface area contributed by atoms with Gasteiger partial charge in [0.15, 0.2) is 11.5 Å². The van der Waals surface area contributed by atoms with Crippen molar-refractivity contribution >= 4 is 11.6 Å². The van der Waals surface area contributed by atoms with Crippen LogP contribution in [0, 0.1) is 0 Å². The van der Waals surface area contributed by atoms with E-state index in [2.05, 4.69) is 20.7 Å². The van der Waals surface area contributed by atoms with Gasteiger partial charge in [0.1, 0.15) is 11.4 Å². The molecule has 1 aromatic carbocycles. The Hall–Kier alpha value is -3.35. The van der Waals surface area contributed by atoms with Gasteiger partial charge < -0.3 is 9.52 Å². The number of carbonyl (C=O) groups excluding carboxylic acids is 1. The Kier molecular flexibility index (Phi) is 3.92. The largest absolute Gasteiger partial charge is 0.508 e. The molecule has 0 aliphatic carbocycles. The number of nitrogens with zero attached hydrogens (tertiary/aromatic N) is 2. The SMILES string of the molecule is C/C(=N/NC(=O)c1cc(-c2ccco2)[nH]n1)c1ccc(O)cc1. The Morgan fingerprint density at radius 2 is 2.09 bits per heavy atom. The smallest absolute Gasteiger partial charge is 0.291 e.